The van der Waals surface area contributed by atoms with Crippen molar-refractivity contribution in [3.8, 4) is 11.1 Å². The number of nitrogens with one attached hydrogen (secondary N) is 5. The molecule has 6 rings (SSSR count). The molecule has 4 aliphatic rings. The van der Waals surface area contributed by atoms with Crippen LogP contribution in [0.1, 0.15) is 128 Å². The maximum atomic E-state index is 13.9. The van der Waals surface area contributed by atoms with E-state index in [9.17, 15) is 24.0 Å². The molecular weight excluding hydrogens is 811 g/mol. The Kier molecular flexibility index (Phi) is 18.4. The molecule has 1 unspecified atom stereocenters. The highest BCUT2D eigenvalue weighted by Gasteiger charge is 2.68. The molecule has 1 saturated heterocycles. The molecule has 15 nitrogen and oxygen atoms in total. The number of benzene rings is 2. The van der Waals surface area contributed by atoms with Crippen molar-refractivity contribution in [1.82, 2.24) is 26.6 Å². The van der Waals surface area contributed by atoms with Crippen LogP contribution < -0.4 is 43.8 Å². The third kappa shape index (κ3) is 12.9. The van der Waals surface area contributed by atoms with Crippen LogP contribution in [0, 0.1) is 17.3 Å². The highest BCUT2D eigenvalue weighted by Crippen LogP contribution is 2.65. The Morgan fingerprint density at radius 3 is 1.94 bits per heavy atom. The van der Waals surface area contributed by atoms with Crippen molar-refractivity contribution < 1.29 is 33.3 Å². The predicted molar refractivity (Wildman–Crippen MR) is 250 cm³/mol. The van der Waals surface area contributed by atoms with Gasteiger partial charge in [-0.05, 0) is 137 Å². The molecule has 2 aromatic carbocycles. The van der Waals surface area contributed by atoms with E-state index < -0.39 is 60.8 Å². The van der Waals surface area contributed by atoms with Gasteiger partial charge in [0, 0.05) is 24.5 Å². The van der Waals surface area contributed by atoms with E-state index in [4.69, 9.17) is 26.5 Å². The second kappa shape index (κ2) is 23.2. The van der Waals surface area contributed by atoms with Crippen LogP contribution in [0.3, 0.4) is 0 Å². The van der Waals surface area contributed by atoms with Gasteiger partial charge in [0.15, 0.2) is 0 Å². The summed E-state index contributed by atoms with van der Waals surface area (Å²) in [5.74, 6) is -1.87. The van der Waals surface area contributed by atoms with Gasteiger partial charge in [-0.15, -0.1) is 0 Å². The van der Waals surface area contributed by atoms with E-state index in [1.54, 1.807) is 12.1 Å². The normalized spacial score (nSPS) is 23.1. The summed E-state index contributed by atoms with van der Waals surface area (Å²) in [5, 5.41) is 14.7. The van der Waals surface area contributed by atoms with Crippen LogP contribution in [-0.4, -0.2) is 98.1 Å². The molecule has 1 heterocycles. The van der Waals surface area contributed by atoms with Gasteiger partial charge in [-0.2, -0.15) is 0 Å². The second-order valence-corrected chi connectivity index (χ2v) is 19.2. The predicted octanol–water partition coefficient (Wildman–Crippen LogP) is 3.65. The topological polar surface area (TPSA) is 242 Å². The number of amides is 5. The Balaban J connectivity index is 1.17. The van der Waals surface area contributed by atoms with Gasteiger partial charge in [0.2, 0.25) is 23.6 Å². The van der Waals surface area contributed by atoms with Gasteiger partial charge >= 0.3 is 7.12 Å². The fourth-order valence-electron chi connectivity index (χ4n) is 9.76. The van der Waals surface area contributed by atoms with Gasteiger partial charge in [-0.3, -0.25) is 24.0 Å². The van der Waals surface area contributed by atoms with Crippen molar-refractivity contribution >= 4 is 36.7 Å². The van der Waals surface area contributed by atoms with Gasteiger partial charge in [0.1, 0.15) is 18.1 Å². The second-order valence-electron chi connectivity index (χ2n) is 19.2. The number of unbranched alkanes of at least 4 members (excludes halogenated alkanes) is 3. The van der Waals surface area contributed by atoms with Crippen molar-refractivity contribution in [2.75, 3.05) is 19.6 Å². The van der Waals surface area contributed by atoms with Crippen molar-refractivity contribution in [2.45, 2.75) is 160 Å². The van der Waals surface area contributed by atoms with Crippen molar-refractivity contribution in [1.29, 1.82) is 0 Å². The number of hydrogen-bond donors (Lipinski definition) is 8. The van der Waals surface area contributed by atoms with Crippen LogP contribution >= 0.6 is 0 Å². The maximum absolute atomic E-state index is 13.9. The number of rotatable bonds is 26. The molecule has 16 heteroatoms. The Morgan fingerprint density at radius 1 is 0.766 bits per heavy atom. The largest absolute Gasteiger partial charge is 0.475 e. The molecule has 11 N–H and O–H groups in total. The molecule has 3 saturated carbocycles. The summed E-state index contributed by atoms with van der Waals surface area (Å²) >= 11 is 0. The standard InChI is InChI=1S/C48H75BN8O7/c1-7-8-13-32-16-18-33(19-17-32)34-20-22-35(23-21-34)44(60)56-39(15-10-12-25-51)46(62)57-38(14-9-11-24-50)45(61)54-30(2)43(59)55-37(28-42(52)58)29-53-31(3)49-63-41-27-36-26-40(47(36,4)5)48(41,6)64-49/h16-23,30-31,36-41,53H,7-15,24-29,50-51H2,1-6H3,(H2,52,58)(H,54,61)(H,55,59)(H,56,60)(H,57,62)/t30-,31-,36-,37-,38-,39-,40-,41?,48-/m0/s1. The highest BCUT2D eigenvalue weighted by atomic mass is 16.7. The average Bonchev–Trinajstić information content (AvgIpc) is 3.64. The van der Waals surface area contributed by atoms with Crippen LogP contribution in [0.2, 0.25) is 0 Å². The van der Waals surface area contributed by atoms with Gasteiger partial charge in [-0.1, -0.05) is 70.5 Å². The molecule has 0 radical (unpaired) electrons. The van der Waals surface area contributed by atoms with Gasteiger partial charge < -0.3 is 53.1 Å². The van der Waals surface area contributed by atoms with E-state index in [1.807, 2.05) is 19.1 Å². The first-order valence-electron chi connectivity index (χ1n) is 23.7. The SMILES string of the molecule is CCCCc1ccc(-c2ccc(C(=O)N[C@@H](CCCCN)C(=O)N[C@@H](CCCCN)C(=O)N[C@@H](C)C(=O)N[C@H](CN[C@@H](C)B3OC4C[C@@H]5C[C@@H](C5(C)C)[C@]4(C)O3)CC(N)=O)cc2)cc1. The zero-order valence-electron chi connectivity index (χ0n) is 39.0. The molecular formula is C48H75BN8O7. The molecule has 1 aliphatic heterocycles. The molecule has 0 aromatic heterocycles. The van der Waals surface area contributed by atoms with E-state index in [-0.39, 0.29) is 42.4 Å². The van der Waals surface area contributed by atoms with E-state index in [2.05, 4.69) is 78.5 Å². The lowest BCUT2D eigenvalue weighted by Gasteiger charge is -2.64. The molecule has 3 aliphatic carbocycles. The highest BCUT2D eigenvalue weighted by molar-refractivity contribution is 6.47. The third-order valence-electron chi connectivity index (χ3n) is 14.0. The van der Waals surface area contributed by atoms with Crippen molar-refractivity contribution in [2.24, 2.45) is 34.5 Å². The van der Waals surface area contributed by atoms with E-state index in [0.29, 0.717) is 62.6 Å². The fraction of sp³-hybridized carbons (Fsp3) is 0.646. The number of primary amides is 1. The van der Waals surface area contributed by atoms with E-state index in [1.165, 1.54) is 12.5 Å². The molecule has 352 valence electrons. The van der Waals surface area contributed by atoms with Crippen LogP contribution in [-0.2, 0) is 34.9 Å². The summed E-state index contributed by atoms with van der Waals surface area (Å²) in [6, 6.07) is 12.0. The smallest absolute Gasteiger partial charge is 0.404 e. The molecule has 2 bridgehead atoms. The molecule has 9 atom stereocenters. The van der Waals surface area contributed by atoms with E-state index >= 15 is 0 Å². The lowest BCUT2D eigenvalue weighted by atomic mass is 9.43. The Morgan fingerprint density at radius 2 is 1.36 bits per heavy atom. The lowest BCUT2D eigenvalue weighted by molar-refractivity contribution is -0.199. The van der Waals surface area contributed by atoms with Gasteiger partial charge in [0.25, 0.3) is 5.91 Å². The first-order valence-corrected chi connectivity index (χ1v) is 23.7. The summed E-state index contributed by atoms with van der Waals surface area (Å²) in [6.07, 6.45) is 8.22. The molecule has 2 aromatic rings. The minimum atomic E-state index is -1.03. The fourth-order valence-corrected chi connectivity index (χ4v) is 9.76. The molecule has 0 spiro atoms. The molecule has 64 heavy (non-hydrogen) atoms. The number of carbonyl (C=O) groups is 5. The number of hydrogen-bond acceptors (Lipinski definition) is 10. The van der Waals surface area contributed by atoms with Crippen LogP contribution in [0.5, 0.6) is 0 Å². The van der Waals surface area contributed by atoms with Gasteiger partial charge in [-0.25, -0.2) is 0 Å². The lowest BCUT2D eigenvalue weighted by Crippen LogP contribution is -2.65. The number of nitrogens with two attached hydrogens (primary N) is 3. The summed E-state index contributed by atoms with van der Waals surface area (Å²) in [4.78, 5) is 66.9. The zero-order valence-corrected chi connectivity index (χ0v) is 39.0. The summed E-state index contributed by atoms with van der Waals surface area (Å²) in [6.45, 7) is 13.4. The first kappa shape index (κ1) is 50.7. The van der Waals surface area contributed by atoms with Crippen LogP contribution in [0.25, 0.3) is 11.1 Å². The minimum Gasteiger partial charge on any atom is -0.404 e. The van der Waals surface area contributed by atoms with Crippen molar-refractivity contribution in [3.05, 3.63) is 59.7 Å². The Labute approximate surface area is 380 Å². The summed E-state index contributed by atoms with van der Waals surface area (Å²) < 4.78 is 13.0. The Bertz CT molecular complexity index is 1880. The Hall–Kier alpha value is -4.35. The quantitative estimate of drug-likeness (QED) is 0.0504. The van der Waals surface area contributed by atoms with Crippen LogP contribution in [0.4, 0.5) is 0 Å². The zero-order chi connectivity index (χ0) is 46.6. The number of aryl methyl sites for hydroxylation is 1. The molecule has 4 fully saturated rings. The average molecular weight is 887 g/mol. The molecule has 5 amide bonds. The first-order chi connectivity index (χ1) is 30.5. The minimum absolute atomic E-state index is 0.0151. The van der Waals surface area contributed by atoms with Gasteiger partial charge in [0.05, 0.1) is 17.7 Å². The van der Waals surface area contributed by atoms with E-state index in [0.717, 1.165) is 43.2 Å². The number of carbonyl (C=O) groups excluding carboxylic acids is 5. The summed E-state index contributed by atoms with van der Waals surface area (Å²) in [7, 11) is -0.497. The maximum Gasteiger partial charge on any atom is 0.475 e. The van der Waals surface area contributed by atoms with Crippen LogP contribution in [0.15, 0.2) is 48.5 Å². The summed E-state index contributed by atoms with van der Waals surface area (Å²) in [5.41, 5.74) is 20.6. The monoisotopic (exact) mass is 887 g/mol. The van der Waals surface area contributed by atoms with Crippen molar-refractivity contribution in [3.63, 3.8) is 0 Å². The third-order valence-corrected chi connectivity index (χ3v) is 14.0.